The number of benzene rings is 5. The third-order valence-corrected chi connectivity index (χ3v) is 13.7. The zero-order valence-corrected chi connectivity index (χ0v) is 48.2. The van der Waals surface area contributed by atoms with Gasteiger partial charge in [-0.05, 0) is 68.5 Å². The number of anilines is 4. The fourth-order valence-electron chi connectivity index (χ4n) is 9.69. The Morgan fingerprint density at radius 2 is 1.16 bits per heavy atom. The summed E-state index contributed by atoms with van der Waals surface area (Å²) in [6, 6.07) is 45.2. The van der Waals surface area contributed by atoms with Crippen LogP contribution in [0.15, 0.2) is 115 Å². The summed E-state index contributed by atoms with van der Waals surface area (Å²) in [6.07, 6.45) is 1.82. The van der Waals surface area contributed by atoms with Crippen LogP contribution in [0, 0.1) is 18.8 Å². The van der Waals surface area contributed by atoms with E-state index in [1.54, 1.807) is 0 Å². The maximum Gasteiger partial charge on any atom is 0.468 e. The number of hydrogen-bond acceptors (Lipinski definition) is 10. The number of nitrogens with zero attached hydrogens (tertiary/aromatic N) is 4. The van der Waals surface area contributed by atoms with Gasteiger partial charge in [0.2, 0.25) is 0 Å². The first-order valence-corrected chi connectivity index (χ1v) is 26.1. The van der Waals surface area contributed by atoms with Gasteiger partial charge in [-0.3, -0.25) is 0 Å². The maximum absolute atomic E-state index is 7.02. The number of rotatable bonds is 10. The Labute approximate surface area is 462 Å². The standard InChI is InChI=1S/C57H67B6N4O7.Pt/c1-39(2)58-69-59(71-61(70-58)55(6,7)8)46-34-42(54(3,4)5)35-47(60-72-62(56(9,10)11)74-63(73-60)57(12,13)14)53(46)66-38-65(49-26-17-18-27-50(49)66)43-23-21-22-40(32-43)36-68-37-41-29-30-45-44-24-15-16-25-48(44)67(51(45)33-41)52-28-19-20-31-64-52;/h15-31,34-35,38-39H,36-37H2,1-14H3;/q-3;. The molecule has 10 rings (SSSR count). The first-order valence-electron chi connectivity index (χ1n) is 26.1. The Bertz CT molecular complexity index is 3140. The number of ether oxygens (including phenoxy) is 1. The molecule has 5 aromatic carbocycles. The molecule has 388 valence electrons. The van der Waals surface area contributed by atoms with E-state index in [9.17, 15) is 0 Å². The second-order valence-corrected chi connectivity index (χ2v) is 24.6. The van der Waals surface area contributed by atoms with Gasteiger partial charge in [0, 0.05) is 74.0 Å². The Balaban J connectivity index is 0.00000689. The predicted octanol–water partition coefficient (Wildman–Crippen LogP) is 12.5. The van der Waals surface area contributed by atoms with E-state index >= 15 is 0 Å². The topological polar surface area (TPSA) is 88.9 Å². The molecule has 0 radical (unpaired) electrons. The van der Waals surface area contributed by atoms with Gasteiger partial charge >= 0.3 is 42.7 Å². The van der Waals surface area contributed by atoms with Crippen LogP contribution in [0.1, 0.15) is 114 Å². The molecular formula is C57H67B6N4O7Pt-3. The van der Waals surface area contributed by atoms with Crippen LogP contribution >= 0.6 is 0 Å². The molecule has 2 aromatic heterocycles. The Hall–Kier alpha value is -4.55. The molecule has 2 saturated heterocycles. The van der Waals surface area contributed by atoms with Crippen molar-refractivity contribution < 1.29 is 53.2 Å². The first-order chi connectivity index (χ1) is 35.0. The zero-order chi connectivity index (χ0) is 52.5. The van der Waals surface area contributed by atoms with Crippen molar-refractivity contribution in [2.75, 3.05) is 9.80 Å². The molecule has 5 heterocycles. The minimum Gasteiger partial charge on any atom is -0.493 e. The SMILES string of the molecule is CC(C)B1OB(c2cc(C(C)(C)C)cc(B3OB(C(C)(C)C)OB(C(C)(C)C)O3)c2N2[CH-]N(c3[c-]c(COCc4[c-]c5c(cc4)c4ccccc4n5-c4ccccn4)ccc3)c3ccccc32)OB(C(C)(C)C)O1.[Pt]. The summed E-state index contributed by atoms with van der Waals surface area (Å²) in [6.45, 7) is 33.0. The van der Waals surface area contributed by atoms with Crippen molar-refractivity contribution in [1.82, 2.24) is 9.55 Å². The van der Waals surface area contributed by atoms with E-state index in [4.69, 9.17) is 37.2 Å². The molecule has 0 spiro atoms. The van der Waals surface area contributed by atoms with Gasteiger partial charge in [-0.2, -0.15) is 42.5 Å². The Morgan fingerprint density at radius 3 is 1.76 bits per heavy atom. The molecule has 75 heavy (non-hydrogen) atoms. The second kappa shape index (κ2) is 21.4. The van der Waals surface area contributed by atoms with Crippen LogP contribution in [0.2, 0.25) is 21.8 Å². The van der Waals surface area contributed by atoms with Crippen molar-refractivity contribution in [1.29, 1.82) is 0 Å². The van der Waals surface area contributed by atoms with Gasteiger partial charge in [0.05, 0.1) is 0 Å². The predicted molar refractivity (Wildman–Crippen MR) is 306 cm³/mol. The number of aromatic nitrogens is 2. The van der Waals surface area contributed by atoms with Crippen molar-refractivity contribution in [3.63, 3.8) is 0 Å². The molecule has 3 aliphatic heterocycles. The van der Waals surface area contributed by atoms with Gasteiger partial charge < -0.3 is 46.5 Å². The van der Waals surface area contributed by atoms with Gasteiger partial charge in [0.25, 0.3) is 0 Å². The molecule has 0 N–H and O–H groups in total. The van der Waals surface area contributed by atoms with E-state index in [0.29, 0.717) is 13.2 Å². The van der Waals surface area contributed by atoms with Gasteiger partial charge in [0.15, 0.2) is 0 Å². The Kier molecular flexibility index (Phi) is 15.7. The summed E-state index contributed by atoms with van der Waals surface area (Å²) >= 11 is 0. The van der Waals surface area contributed by atoms with Crippen LogP contribution in [0.4, 0.5) is 22.7 Å². The molecule has 0 aliphatic carbocycles. The van der Waals surface area contributed by atoms with E-state index in [-0.39, 0.29) is 48.2 Å². The molecule has 7 aromatic rings. The minimum atomic E-state index is -0.828. The van der Waals surface area contributed by atoms with Crippen molar-refractivity contribution in [3.8, 4) is 5.82 Å². The Morgan fingerprint density at radius 1 is 0.587 bits per heavy atom. The van der Waals surface area contributed by atoms with Crippen molar-refractivity contribution in [2.45, 2.75) is 137 Å². The van der Waals surface area contributed by atoms with Gasteiger partial charge in [0.1, 0.15) is 5.82 Å². The molecule has 18 heteroatoms. The van der Waals surface area contributed by atoms with Crippen LogP contribution < -0.4 is 20.7 Å². The summed E-state index contributed by atoms with van der Waals surface area (Å²) in [5.41, 5.74) is 9.98. The van der Waals surface area contributed by atoms with E-state index in [1.165, 1.54) is 0 Å². The van der Waals surface area contributed by atoms with Crippen LogP contribution in [0.5, 0.6) is 0 Å². The van der Waals surface area contributed by atoms with Crippen LogP contribution in [-0.2, 0) is 71.9 Å². The summed E-state index contributed by atoms with van der Waals surface area (Å²) < 4.78 is 49.8. The van der Waals surface area contributed by atoms with E-state index < -0.39 is 42.7 Å². The zero-order valence-electron chi connectivity index (χ0n) is 46.0. The largest absolute Gasteiger partial charge is 0.493 e. The molecule has 0 amide bonds. The number of hydrogen-bond donors (Lipinski definition) is 0. The molecular weight excluding hydrogens is 1110 g/mol. The van der Waals surface area contributed by atoms with Crippen molar-refractivity contribution in [2.24, 2.45) is 0 Å². The normalized spacial score (nSPS) is 16.0. The second-order valence-electron chi connectivity index (χ2n) is 24.6. The van der Waals surface area contributed by atoms with E-state index in [1.807, 2.05) is 24.4 Å². The van der Waals surface area contributed by atoms with Crippen LogP contribution in [-0.4, -0.2) is 52.3 Å². The van der Waals surface area contributed by atoms with Gasteiger partial charge in [-0.15, -0.1) is 28.9 Å². The molecule has 0 bridgehead atoms. The van der Waals surface area contributed by atoms with E-state index in [2.05, 4.69) is 221 Å². The summed E-state index contributed by atoms with van der Waals surface area (Å²) in [4.78, 5) is 9.12. The molecule has 0 saturated carbocycles. The minimum absolute atomic E-state index is 0. The third kappa shape index (κ3) is 11.4. The summed E-state index contributed by atoms with van der Waals surface area (Å²) in [7, 11) is -3.87. The summed E-state index contributed by atoms with van der Waals surface area (Å²) in [5, 5.41) is 1.19. The van der Waals surface area contributed by atoms with Gasteiger partial charge in [-0.1, -0.05) is 151 Å². The van der Waals surface area contributed by atoms with Crippen LogP contribution in [0.3, 0.4) is 0 Å². The summed E-state index contributed by atoms with van der Waals surface area (Å²) in [5.74, 6) is 0.899. The third-order valence-electron chi connectivity index (χ3n) is 13.7. The molecule has 11 nitrogen and oxygen atoms in total. The molecule has 0 atom stereocenters. The monoisotopic (exact) mass is 1180 g/mol. The average Bonchev–Trinajstić information content (AvgIpc) is 3.91. The average molecular weight is 1180 g/mol. The smallest absolute Gasteiger partial charge is 0.468 e. The first kappa shape index (κ1) is 55.2. The van der Waals surface area contributed by atoms with Crippen molar-refractivity contribution in [3.05, 3.63) is 151 Å². The van der Waals surface area contributed by atoms with E-state index in [0.717, 1.165) is 78.0 Å². The van der Waals surface area contributed by atoms with Crippen LogP contribution in [0.25, 0.3) is 27.6 Å². The number of pyridine rings is 1. The molecule has 2 fully saturated rings. The number of para-hydroxylation sites is 3. The van der Waals surface area contributed by atoms with Crippen molar-refractivity contribution >= 4 is 98.2 Å². The fraction of sp³-hybridized carbons (Fsp3) is 0.368. The maximum atomic E-state index is 7.02. The molecule has 0 unspecified atom stereocenters. The fourth-order valence-corrected chi connectivity index (χ4v) is 9.69. The quantitative estimate of drug-likeness (QED) is 0.0974. The van der Waals surface area contributed by atoms with Gasteiger partial charge in [-0.25, -0.2) is 4.98 Å². The molecule has 3 aliphatic rings. The number of fused-ring (bicyclic) bond motifs is 4.